The van der Waals surface area contributed by atoms with Crippen LogP contribution in [-0.2, 0) is 0 Å². The molecule has 1 amide bonds. The van der Waals surface area contributed by atoms with Gasteiger partial charge in [0.15, 0.2) is 0 Å². The molecular formula is C15H13N3O. The average molecular weight is 251 g/mol. The van der Waals surface area contributed by atoms with Crippen molar-refractivity contribution in [2.45, 2.75) is 6.92 Å². The van der Waals surface area contributed by atoms with Crippen molar-refractivity contribution >= 4 is 22.5 Å². The zero-order chi connectivity index (χ0) is 13.2. The highest BCUT2D eigenvalue weighted by Gasteiger charge is 2.06. The van der Waals surface area contributed by atoms with Crippen LogP contribution >= 0.6 is 0 Å². The SMILES string of the molecule is Cc1cccc(C(=O)Nc2ccc3[nH]ncc3c2)c1. The van der Waals surface area contributed by atoms with E-state index < -0.39 is 0 Å². The maximum absolute atomic E-state index is 12.1. The molecule has 3 rings (SSSR count). The quantitative estimate of drug-likeness (QED) is 0.735. The second kappa shape index (κ2) is 4.57. The predicted molar refractivity (Wildman–Crippen MR) is 75.2 cm³/mol. The first kappa shape index (κ1) is 11.5. The van der Waals surface area contributed by atoms with Gasteiger partial charge in [-0.2, -0.15) is 5.10 Å². The number of H-pyrrole nitrogens is 1. The summed E-state index contributed by atoms with van der Waals surface area (Å²) in [6.45, 7) is 1.97. The number of carbonyl (C=O) groups excluding carboxylic acids is 1. The minimum absolute atomic E-state index is 0.105. The molecule has 0 bridgehead atoms. The monoisotopic (exact) mass is 251 g/mol. The Kier molecular flexibility index (Phi) is 2.76. The standard InChI is InChI=1S/C15H13N3O/c1-10-3-2-4-11(7-10)15(19)17-13-5-6-14-12(8-13)9-16-18-14/h2-9H,1H3,(H,16,18)(H,17,19). The number of hydrogen-bond donors (Lipinski definition) is 2. The summed E-state index contributed by atoms with van der Waals surface area (Å²) in [5.41, 5.74) is 3.44. The largest absolute Gasteiger partial charge is 0.322 e. The molecule has 1 heterocycles. The van der Waals surface area contributed by atoms with Gasteiger partial charge in [-0.25, -0.2) is 0 Å². The number of hydrogen-bond acceptors (Lipinski definition) is 2. The summed E-state index contributed by atoms with van der Waals surface area (Å²) < 4.78 is 0. The third-order valence-electron chi connectivity index (χ3n) is 2.98. The van der Waals surface area contributed by atoms with Crippen molar-refractivity contribution in [1.29, 1.82) is 0 Å². The number of nitrogens with one attached hydrogen (secondary N) is 2. The van der Waals surface area contributed by atoms with Crippen LogP contribution in [0.4, 0.5) is 5.69 Å². The van der Waals surface area contributed by atoms with Crippen LogP contribution in [0.15, 0.2) is 48.7 Å². The number of benzene rings is 2. The van der Waals surface area contributed by atoms with Gasteiger partial charge < -0.3 is 5.32 Å². The highest BCUT2D eigenvalue weighted by molar-refractivity contribution is 6.05. The van der Waals surface area contributed by atoms with Crippen LogP contribution in [0.2, 0.25) is 0 Å². The van der Waals surface area contributed by atoms with Gasteiger partial charge in [-0.3, -0.25) is 9.89 Å². The van der Waals surface area contributed by atoms with E-state index in [9.17, 15) is 4.79 Å². The Balaban J connectivity index is 1.86. The van der Waals surface area contributed by atoms with E-state index in [-0.39, 0.29) is 5.91 Å². The summed E-state index contributed by atoms with van der Waals surface area (Å²) >= 11 is 0. The summed E-state index contributed by atoms with van der Waals surface area (Å²) in [7, 11) is 0. The lowest BCUT2D eigenvalue weighted by Gasteiger charge is -2.06. The second-order valence-electron chi connectivity index (χ2n) is 4.50. The van der Waals surface area contributed by atoms with Crippen LogP contribution in [0, 0.1) is 6.92 Å². The predicted octanol–water partition coefficient (Wildman–Crippen LogP) is 3.12. The van der Waals surface area contributed by atoms with Gasteiger partial charge in [0.05, 0.1) is 11.7 Å². The van der Waals surface area contributed by atoms with Gasteiger partial charge in [0.2, 0.25) is 0 Å². The molecule has 3 aromatic rings. The molecule has 0 aliphatic rings. The Labute approximate surface area is 110 Å². The highest BCUT2D eigenvalue weighted by atomic mass is 16.1. The number of nitrogens with zero attached hydrogens (tertiary/aromatic N) is 1. The van der Waals surface area contributed by atoms with Gasteiger partial charge in [0, 0.05) is 16.6 Å². The lowest BCUT2D eigenvalue weighted by atomic mass is 10.1. The van der Waals surface area contributed by atoms with E-state index in [0.29, 0.717) is 5.56 Å². The smallest absolute Gasteiger partial charge is 0.255 e. The molecule has 0 atom stereocenters. The molecule has 0 fully saturated rings. The van der Waals surface area contributed by atoms with E-state index in [1.807, 2.05) is 43.3 Å². The van der Waals surface area contributed by atoms with Crippen molar-refractivity contribution in [3.05, 3.63) is 59.8 Å². The molecule has 0 unspecified atom stereocenters. The van der Waals surface area contributed by atoms with Crippen molar-refractivity contribution in [2.75, 3.05) is 5.32 Å². The summed E-state index contributed by atoms with van der Waals surface area (Å²) in [5.74, 6) is -0.105. The van der Waals surface area contributed by atoms with Gasteiger partial charge in [-0.05, 0) is 37.3 Å². The Hall–Kier alpha value is -2.62. The van der Waals surface area contributed by atoms with E-state index in [2.05, 4.69) is 15.5 Å². The molecule has 0 spiro atoms. The van der Waals surface area contributed by atoms with E-state index in [1.165, 1.54) is 0 Å². The summed E-state index contributed by atoms with van der Waals surface area (Å²) in [6, 6.07) is 13.2. The first-order valence-electron chi connectivity index (χ1n) is 6.03. The Morgan fingerprint density at radius 1 is 1.21 bits per heavy atom. The van der Waals surface area contributed by atoms with Gasteiger partial charge in [0.1, 0.15) is 0 Å². The molecule has 2 N–H and O–H groups in total. The molecule has 2 aromatic carbocycles. The maximum atomic E-state index is 12.1. The van der Waals surface area contributed by atoms with Crippen LogP contribution in [0.5, 0.6) is 0 Å². The van der Waals surface area contributed by atoms with Crippen LogP contribution < -0.4 is 5.32 Å². The number of fused-ring (bicyclic) bond motifs is 1. The third-order valence-corrected chi connectivity index (χ3v) is 2.98. The van der Waals surface area contributed by atoms with E-state index in [4.69, 9.17) is 0 Å². The zero-order valence-corrected chi connectivity index (χ0v) is 10.5. The highest BCUT2D eigenvalue weighted by Crippen LogP contribution is 2.17. The first-order valence-corrected chi connectivity index (χ1v) is 6.03. The number of rotatable bonds is 2. The molecule has 0 saturated carbocycles. The molecular weight excluding hydrogens is 238 g/mol. The molecule has 19 heavy (non-hydrogen) atoms. The fourth-order valence-corrected chi connectivity index (χ4v) is 2.01. The van der Waals surface area contributed by atoms with Crippen LogP contribution in [0.1, 0.15) is 15.9 Å². The van der Waals surface area contributed by atoms with E-state index in [0.717, 1.165) is 22.2 Å². The van der Waals surface area contributed by atoms with E-state index >= 15 is 0 Å². The maximum Gasteiger partial charge on any atom is 0.255 e. The number of aryl methyl sites for hydroxylation is 1. The van der Waals surface area contributed by atoms with Crippen molar-refractivity contribution in [1.82, 2.24) is 10.2 Å². The Morgan fingerprint density at radius 3 is 2.95 bits per heavy atom. The summed E-state index contributed by atoms with van der Waals surface area (Å²) in [6.07, 6.45) is 1.73. The van der Waals surface area contributed by atoms with Crippen molar-refractivity contribution in [3.8, 4) is 0 Å². The first-order chi connectivity index (χ1) is 9.22. The van der Waals surface area contributed by atoms with Crippen LogP contribution in [0.3, 0.4) is 0 Å². The molecule has 4 nitrogen and oxygen atoms in total. The molecule has 1 aromatic heterocycles. The minimum atomic E-state index is -0.105. The Morgan fingerprint density at radius 2 is 2.11 bits per heavy atom. The average Bonchev–Trinajstić information content (AvgIpc) is 2.86. The number of aromatic amines is 1. The van der Waals surface area contributed by atoms with E-state index in [1.54, 1.807) is 12.3 Å². The van der Waals surface area contributed by atoms with Gasteiger partial charge in [0.25, 0.3) is 5.91 Å². The normalized spacial score (nSPS) is 10.6. The third kappa shape index (κ3) is 2.33. The molecule has 4 heteroatoms. The molecule has 0 saturated heterocycles. The number of amides is 1. The van der Waals surface area contributed by atoms with Crippen LogP contribution in [-0.4, -0.2) is 16.1 Å². The lowest BCUT2D eigenvalue weighted by Crippen LogP contribution is -2.11. The van der Waals surface area contributed by atoms with Crippen molar-refractivity contribution < 1.29 is 4.79 Å². The number of aromatic nitrogens is 2. The molecule has 0 radical (unpaired) electrons. The number of carbonyl (C=O) groups is 1. The fraction of sp³-hybridized carbons (Fsp3) is 0.0667. The topological polar surface area (TPSA) is 57.8 Å². The molecule has 94 valence electrons. The van der Waals surface area contributed by atoms with Gasteiger partial charge in [-0.1, -0.05) is 17.7 Å². The van der Waals surface area contributed by atoms with Crippen molar-refractivity contribution in [3.63, 3.8) is 0 Å². The molecule has 0 aliphatic heterocycles. The van der Waals surface area contributed by atoms with Gasteiger partial charge >= 0.3 is 0 Å². The zero-order valence-electron chi connectivity index (χ0n) is 10.5. The number of anilines is 1. The van der Waals surface area contributed by atoms with Gasteiger partial charge in [-0.15, -0.1) is 0 Å². The lowest BCUT2D eigenvalue weighted by molar-refractivity contribution is 0.102. The second-order valence-corrected chi connectivity index (χ2v) is 4.50. The Bertz CT molecular complexity index is 746. The van der Waals surface area contributed by atoms with Crippen molar-refractivity contribution in [2.24, 2.45) is 0 Å². The summed E-state index contributed by atoms with van der Waals surface area (Å²) in [4.78, 5) is 12.1. The minimum Gasteiger partial charge on any atom is -0.322 e. The molecule has 0 aliphatic carbocycles. The van der Waals surface area contributed by atoms with Crippen LogP contribution in [0.25, 0.3) is 10.9 Å². The fourth-order valence-electron chi connectivity index (χ4n) is 2.01. The summed E-state index contributed by atoms with van der Waals surface area (Å²) in [5, 5.41) is 10.7.